The quantitative estimate of drug-likeness (QED) is 0.889. The van der Waals surface area contributed by atoms with E-state index in [1.54, 1.807) is 6.07 Å². The first-order valence-electron chi connectivity index (χ1n) is 7.99. The van der Waals surface area contributed by atoms with Gasteiger partial charge in [-0.05, 0) is 45.8 Å². The van der Waals surface area contributed by atoms with Crippen LogP contribution in [0.3, 0.4) is 0 Å². The van der Waals surface area contributed by atoms with Gasteiger partial charge in [-0.15, -0.1) is 0 Å². The Balaban J connectivity index is 2.07. The number of carbonyl (C=O) groups is 1. The van der Waals surface area contributed by atoms with E-state index in [1.807, 2.05) is 25.9 Å². The predicted molar refractivity (Wildman–Crippen MR) is 88.3 cm³/mol. The van der Waals surface area contributed by atoms with E-state index in [-0.39, 0.29) is 5.91 Å². The minimum absolute atomic E-state index is 0.126. The molecule has 2 heterocycles. The Bertz CT molecular complexity index is 517. The number of carbonyl (C=O) groups excluding carboxylic acids is 1. The molecule has 0 spiro atoms. The molecule has 122 valence electrons. The highest BCUT2D eigenvalue weighted by Crippen LogP contribution is 2.20. The maximum atomic E-state index is 12.2. The number of likely N-dealkylation sites (N-methyl/N-ethyl adjacent to an activating group) is 1. The Labute approximate surface area is 132 Å². The lowest BCUT2D eigenvalue weighted by atomic mass is 10.0. The Kier molecular flexibility index (Phi) is 5.71. The average molecular weight is 305 g/mol. The Morgan fingerprint density at radius 2 is 2.23 bits per heavy atom. The number of aromatic nitrogens is 2. The maximum Gasteiger partial charge on any atom is 0.270 e. The molecule has 22 heavy (non-hydrogen) atoms. The molecule has 0 bridgehead atoms. The standard InChI is InChI=1S/C16H27N5O/c1-12-6-5-8-21(11-12)16-18-13(2)10-14(19-16)15(22)17-7-9-20(3)4/h10,12H,5-9,11H2,1-4H3,(H,17,22). The van der Waals surface area contributed by atoms with E-state index >= 15 is 0 Å². The van der Waals surface area contributed by atoms with Crippen molar-refractivity contribution in [3.05, 3.63) is 17.5 Å². The highest BCUT2D eigenvalue weighted by atomic mass is 16.1. The number of nitrogens with one attached hydrogen (secondary N) is 1. The highest BCUT2D eigenvalue weighted by molar-refractivity contribution is 5.92. The van der Waals surface area contributed by atoms with Crippen LogP contribution in [0.15, 0.2) is 6.07 Å². The highest BCUT2D eigenvalue weighted by Gasteiger charge is 2.20. The van der Waals surface area contributed by atoms with Gasteiger partial charge in [0.05, 0.1) is 0 Å². The SMILES string of the molecule is Cc1cc(C(=O)NCCN(C)C)nc(N2CCCC(C)C2)n1. The lowest BCUT2D eigenvalue weighted by Crippen LogP contribution is -2.36. The summed E-state index contributed by atoms with van der Waals surface area (Å²) in [5.41, 5.74) is 1.29. The summed E-state index contributed by atoms with van der Waals surface area (Å²) in [4.78, 5) is 25.5. The van der Waals surface area contributed by atoms with Crippen LogP contribution in [0.1, 0.15) is 35.9 Å². The molecule has 2 rings (SSSR count). The first-order valence-corrected chi connectivity index (χ1v) is 7.99. The second-order valence-corrected chi connectivity index (χ2v) is 6.45. The Hall–Kier alpha value is -1.69. The van der Waals surface area contributed by atoms with Gasteiger partial charge in [-0.2, -0.15) is 0 Å². The molecule has 1 aliphatic heterocycles. The fourth-order valence-corrected chi connectivity index (χ4v) is 2.67. The number of anilines is 1. The van der Waals surface area contributed by atoms with Crippen molar-refractivity contribution in [3.8, 4) is 0 Å². The van der Waals surface area contributed by atoms with Crippen molar-refractivity contribution >= 4 is 11.9 Å². The third-order valence-electron chi connectivity index (χ3n) is 3.86. The van der Waals surface area contributed by atoms with Gasteiger partial charge in [-0.1, -0.05) is 6.92 Å². The lowest BCUT2D eigenvalue weighted by molar-refractivity contribution is 0.0946. The van der Waals surface area contributed by atoms with Crippen LogP contribution in [0, 0.1) is 12.8 Å². The van der Waals surface area contributed by atoms with E-state index < -0.39 is 0 Å². The van der Waals surface area contributed by atoms with Crippen LogP contribution in [0.25, 0.3) is 0 Å². The van der Waals surface area contributed by atoms with Crippen molar-refractivity contribution in [3.63, 3.8) is 0 Å². The molecule has 1 N–H and O–H groups in total. The van der Waals surface area contributed by atoms with Gasteiger partial charge in [-0.25, -0.2) is 9.97 Å². The van der Waals surface area contributed by atoms with Crippen LogP contribution in [-0.2, 0) is 0 Å². The summed E-state index contributed by atoms with van der Waals surface area (Å²) in [5, 5.41) is 2.91. The van der Waals surface area contributed by atoms with Crippen LogP contribution in [0.5, 0.6) is 0 Å². The minimum atomic E-state index is -0.126. The van der Waals surface area contributed by atoms with Crippen molar-refractivity contribution < 1.29 is 4.79 Å². The molecule has 1 unspecified atom stereocenters. The second-order valence-electron chi connectivity index (χ2n) is 6.45. The summed E-state index contributed by atoms with van der Waals surface area (Å²) in [6, 6.07) is 1.75. The second kappa shape index (κ2) is 7.54. The number of nitrogens with zero attached hydrogens (tertiary/aromatic N) is 4. The van der Waals surface area contributed by atoms with Gasteiger partial charge in [0, 0.05) is 31.9 Å². The van der Waals surface area contributed by atoms with Gasteiger partial charge >= 0.3 is 0 Å². The van der Waals surface area contributed by atoms with Gasteiger partial charge < -0.3 is 15.1 Å². The average Bonchev–Trinajstić information content (AvgIpc) is 2.46. The molecule has 6 nitrogen and oxygen atoms in total. The summed E-state index contributed by atoms with van der Waals surface area (Å²) in [6.07, 6.45) is 2.41. The predicted octanol–water partition coefficient (Wildman–Crippen LogP) is 1.31. The summed E-state index contributed by atoms with van der Waals surface area (Å²) in [7, 11) is 3.97. The number of rotatable bonds is 5. The third-order valence-corrected chi connectivity index (χ3v) is 3.86. The molecule has 1 aliphatic rings. The fourth-order valence-electron chi connectivity index (χ4n) is 2.67. The molecule has 1 aromatic rings. The van der Waals surface area contributed by atoms with Crippen LogP contribution in [0.4, 0.5) is 5.95 Å². The Morgan fingerprint density at radius 1 is 1.45 bits per heavy atom. The summed E-state index contributed by atoms with van der Waals surface area (Å²) in [6.45, 7) is 7.52. The van der Waals surface area contributed by atoms with Crippen LogP contribution >= 0.6 is 0 Å². The summed E-state index contributed by atoms with van der Waals surface area (Å²) in [5.74, 6) is 1.21. The fraction of sp³-hybridized carbons (Fsp3) is 0.688. The summed E-state index contributed by atoms with van der Waals surface area (Å²) >= 11 is 0. The minimum Gasteiger partial charge on any atom is -0.349 e. The van der Waals surface area contributed by atoms with E-state index in [1.165, 1.54) is 6.42 Å². The van der Waals surface area contributed by atoms with Crippen molar-refractivity contribution in [1.29, 1.82) is 0 Å². The smallest absolute Gasteiger partial charge is 0.270 e. The maximum absolute atomic E-state index is 12.2. The molecular weight excluding hydrogens is 278 g/mol. The van der Waals surface area contributed by atoms with Crippen molar-refractivity contribution in [2.75, 3.05) is 45.2 Å². The molecule has 0 radical (unpaired) electrons. The van der Waals surface area contributed by atoms with E-state index in [4.69, 9.17) is 0 Å². The van der Waals surface area contributed by atoms with Crippen LogP contribution < -0.4 is 10.2 Å². The van der Waals surface area contributed by atoms with Gasteiger partial charge in [0.1, 0.15) is 5.69 Å². The molecule has 1 fully saturated rings. The Morgan fingerprint density at radius 3 is 2.91 bits per heavy atom. The van der Waals surface area contributed by atoms with E-state index in [9.17, 15) is 4.79 Å². The third kappa shape index (κ3) is 4.66. The monoisotopic (exact) mass is 305 g/mol. The van der Waals surface area contributed by atoms with Crippen molar-refractivity contribution in [1.82, 2.24) is 20.2 Å². The number of hydrogen-bond acceptors (Lipinski definition) is 5. The van der Waals surface area contributed by atoms with E-state index in [2.05, 4.69) is 27.1 Å². The molecule has 0 aliphatic carbocycles. The van der Waals surface area contributed by atoms with Gasteiger partial charge in [0.2, 0.25) is 5.95 Å². The molecule has 6 heteroatoms. The number of amides is 1. The van der Waals surface area contributed by atoms with Gasteiger partial charge in [0.15, 0.2) is 0 Å². The molecule has 1 saturated heterocycles. The number of piperidine rings is 1. The largest absolute Gasteiger partial charge is 0.349 e. The van der Waals surface area contributed by atoms with Crippen molar-refractivity contribution in [2.24, 2.45) is 5.92 Å². The number of aryl methyl sites for hydroxylation is 1. The molecule has 0 saturated carbocycles. The van der Waals surface area contributed by atoms with Gasteiger partial charge in [0.25, 0.3) is 5.91 Å². The zero-order chi connectivity index (χ0) is 16.1. The number of hydrogen-bond donors (Lipinski definition) is 1. The van der Waals surface area contributed by atoms with Gasteiger partial charge in [-0.3, -0.25) is 4.79 Å². The molecule has 1 amide bonds. The first-order chi connectivity index (χ1) is 10.5. The zero-order valence-electron chi connectivity index (χ0n) is 14.1. The molecule has 1 aromatic heterocycles. The molecular formula is C16H27N5O. The zero-order valence-corrected chi connectivity index (χ0v) is 14.1. The first kappa shape index (κ1) is 16.7. The van der Waals surface area contributed by atoms with Crippen molar-refractivity contribution in [2.45, 2.75) is 26.7 Å². The van der Waals surface area contributed by atoms with Crippen LogP contribution in [0.2, 0.25) is 0 Å². The van der Waals surface area contributed by atoms with E-state index in [0.717, 1.165) is 31.7 Å². The van der Waals surface area contributed by atoms with Crippen LogP contribution in [-0.4, -0.2) is 61.0 Å². The normalized spacial score (nSPS) is 18.6. The molecule has 1 atom stereocenters. The molecule has 0 aromatic carbocycles. The summed E-state index contributed by atoms with van der Waals surface area (Å²) < 4.78 is 0. The topological polar surface area (TPSA) is 61.4 Å². The van der Waals surface area contributed by atoms with E-state index in [0.29, 0.717) is 24.1 Å². The lowest BCUT2D eigenvalue weighted by Gasteiger charge is -2.31.